The predicted molar refractivity (Wildman–Crippen MR) is 151 cm³/mol. The summed E-state index contributed by atoms with van der Waals surface area (Å²) in [5.74, 6) is -3.67. The minimum atomic E-state index is -1.35. The van der Waals surface area contributed by atoms with Crippen LogP contribution in [-0.2, 0) is 23.8 Å². The van der Waals surface area contributed by atoms with Gasteiger partial charge in [0.2, 0.25) is 0 Å². The van der Waals surface area contributed by atoms with Crippen molar-refractivity contribution in [1.82, 2.24) is 19.9 Å². The van der Waals surface area contributed by atoms with Gasteiger partial charge in [-0.25, -0.2) is 23.1 Å². The zero-order valence-corrected chi connectivity index (χ0v) is 25.6. The summed E-state index contributed by atoms with van der Waals surface area (Å²) in [6.45, 7) is 4.39. The minimum absolute atomic E-state index is 0.0298. The maximum Gasteiger partial charge on any atom is 0.411 e. The number of hydrogen-bond acceptors (Lipinski definition) is 11. The highest BCUT2D eigenvalue weighted by Gasteiger charge is 2.55. The largest absolute Gasteiger partial charge is 0.480 e. The summed E-state index contributed by atoms with van der Waals surface area (Å²) in [5, 5.41) is 42.7. The number of amides is 1. The van der Waals surface area contributed by atoms with Gasteiger partial charge < -0.3 is 34.4 Å². The Labute approximate surface area is 261 Å². The molecule has 1 aromatic carbocycles. The molecule has 0 radical (unpaired) electrons. The molecule has 246 valence electrons. The fourth-order valence-electron chi connectivity index (χ4n) is 6.01. The average molecular weight is 658 g/mol. The number of carboxylic acid groups (broad SMARTS) is 1. The zero-order valence-electron chi connectivity index (χ0n) is 24.9. The number of rotatable bonds is 7. The zero-order chi connectivity index (χ0) is 32.8. The van der Waals surface area contributed by atoms with Gasteiger partial charge in [-0.3, -0.25) is 4.90 Å². The average Bonchev–Trinajstić information content (AvgIpc) is 3.70. The number of aliphatic hydroxyl groups excluding tert-OH is 2. The van der Waals surface area contributed by atoms with Gasteiger partial charge in [-0.1, -0.05) is 22.0 Å². The first-order valence-electron chi connectivity index (χ1n) is 14.2. The fourth-order valence-corrected chi connectivity index (χ4v) is 6.16. The molecule has 0 saturated carbocycles. The third-order valence-corrected chi connectivity index (χ3v) is 8.30. The molecule has 5 rings (SSSR count). The number of carbonyl (C=O) groups excluding carboxylic acids is 1. The van der Waals surface area contributed by atoms with E-state index in [2.05, 4.69) is 15.5 Å². The molecule has 3 N–H and O–H groups in total. The Hall–Kier alpha value is -3.44. The van der Waals surface area contributed by atoms with Gasteiger partial charge in [0.05, 0.1) is 36.2 Å². The lowest BCUT2D eigenvalue weighted by atomic mass is 9.87. The van der Waals surface area contributed by atoms with E-state index in [1.165, 1.54) is 30.1 Å². The van der Waals surface area contributed by atoms with Crippen molar-refractivity contribution in [2.75, 3.05) is 20.3 Å². The molecule has 0 aliphatic carbocycles. The number of benzene rings is 1. The van der Waals surface area contributed by atoms with E-state index in [0.717, 1.165) is 4.90 Å². The molecule has 45 heavy (non-hydrogen) atoms. The van der Waals surface area contributed by atoms with Crippen LogP contribution in [0, 0.1) is 11.6 Å². The minimum Gasteiger partial charge on any atom is -0.480 e. The molecule has 2 fully saturated rings. The number of hydrogen-bond donors (Lipinski definition) is 3. The molecule has 1 amide bonds. The summed E-state index contributed by atoms with van der Waals surface area (Å²) in [4.78, 5) is 31.7. The van der Waals surface area contributed by atoms with Gasteiger partial charge in [0.15, 0.2) is 17.2 Å². The Kier molecular flexibility index (Phi) is 9.07. The Morgan fingerprint density at radius 2 is 1.96 bits per heavy atom. The fraction of sp³-hybridized carbons (Fsp3) is 0.607. The lowest BCUT2D eigenvalue weighted by Crippen LogP contribution is -2.57. The van der Waals surface area contributed by atoms with E-state index >= 15 is 0 Å². The van der Waals surface area contributed by atoms with E-state index in [1.807, 2.05) is 0 Å². The molecule has 17 heteroatoms. The van der Waals surface area contributed by atoms with Gasteiger partial charge in [-0.05, 0) is 32.9 Å². The molecule has 4 heterocycles. The number of likely N-dealkylation sites (tertiary alicyclic amines) is 1. The van der Waals surface area contributed by atoms with Crippen LogP contribution in [0.15, 0.2) is 23.5 Å². The van der Waals surface area contributed by atoms with Crippen LogP contribution in [0.1, 0.15) is 46.1 Å². The van der Waals surface area contributed by atoms with E-state index < -0.39 is 83.0 Å². The number of halogens is 3. The summed E-state index contributed by atoms with van der Waals surface area (Å²) in [6.07, 6.45) is -3.42. The summed E-state index contributed by atoms with van der Waals surface area (Å²) >= 11 is 5.67. The molecule has 14 nitrogen and oxygen atoms in total. The van der Waals surface area contributed by atoms with Crippen molar-refractivity contribution in [2.24, 2.45) is 5.16 Å². The van der Waals surface area contributed by atoms with Gasteiger partial charge in [0.25, 0.3) is 0 Å². The summed E-state index contributed by atoms with van der Waals surface area (Å²) in [7, 11) is 1.38. The molecule has 2 unspecified atom stereocenters. The second-order valence-electron chi connectivity index (χ2n) is 12.4. The van der Waals surface area contributed by atoms with Gasteiger partial charge >= 0.3 is 12.1 Å². The van der Waals surface area contributed by atoms with Crippen molar-refractivity contribution >= 4 is 29.4 Å². The van der Waals surface area contributed by atoms with Crippen LogP contribution < -0.4 is 0 Å². The molecule has 1 spiro atoms. The van der Waals surface area contributed by atoms with Crippen LogP contribution in [0.3, 0.4) is 0 Å². The van der Waals surface area contributed by atoms with Crippen LogP contribution in [0.4, 0.5) is 13.6 Å². The molecule has 3 aliphatic heterocycles. The van der Waals surface area contributed by atoms with Crippen LogP contribution in [-0.4, -0.2) is 115 Å². The molecule has 3 aliphatic rings. The van der Waals surface area contributed by atoms with Gasteiger partial charge in [0, 0.05) is 31.9 Å². The number of carboxylic acids is 1. The number of aliphatic hydroxyl groups is 2. The van der Waals surface area contributed by atoms with Crippen LogP contribution in [0.25, 0.3) is 11.3 Å². The number of aromatic nitrogens is 3. The molecular formula is C28H34ClF2N5O9. The highest BCUT2D eigenvalue weighted by atomic mass is 35.5. The van der Waals surface area contributed by atoms with Gasteiger partial charge in [-0.15, -0.1) is 5.10 Å². The molecule has 2 aromatic rings. The SMILES string of the molecule is CO[C@@H]1[C@@H](n2cc(-c3ccc(Cl)c(F)c3F)nn2)[C@@H](O)[C@@H](CO)O[C@@H]1CC1=NOC2(C1)CC(C(=O)O)N(C(=O)OC(C)(C)C)C2. The molecule has 2 saturated heterocycles. The number of ether oxygens (including phenoxy) is 3. The van der Waals surface area contributed by atoms with Gasteiger partial charge in [-0.2, -0.15) is 0 Å². The number of methoxy groups -OCH3 is 1. The van der Waals surface area contributed by atoms with Crippen molar-refractivity contribution in [3.05, 3.63) is 35.0 Å². The van der Waals surface area contributed by atoms with Crippen molar-refractivity contribution in [1.29, 1.82) is 0 Å². The Morgan fingerprint density at radius 1 is 1.22 bits per heavy atom. The first-order valence-corrected chi connectivity index (χ1v) is 14.5. The van der Waals surface area contributed by atoms with Gasteiger partial charge in [0.1, 0.15) is 41.7 Å². The van der Waals surface area contributed by atoms with E-state index in [1.54, 1.807) is 20.8 Å². The first-order chi connectivity index (χ1) is 21.2. The summed E-state index contributed by atoms with van der Waals surface area (Å²) in [6, 6.07) is 0.249. The summed E-state index contributed by atoms with van der Waals surface area (Å²) in [5.41, 5.74) is -1.71. The van der Waals surface area contributed by atoms with Crippen molar-refractivity contribution < 1.29 is 52.7 Å². The molecule has 7 atom stereocenters. The summed E-state index contributed by atoms with van der Waals surface area (Å²) < 4.78 is 47.1. The Bertz CT molecular complexity index is 1490. The van der Waals surface area contributed by atoms with E-state index in [4.69, 9.17) is 30.6 Å². The smallest absolute Gasteiger partial charge is 0.411 e. The highest BCUT2D eigenvalue weighted by Crippen LogP contribution is 2.41. The number of nitrogens with zero attached hydrogens (tertiary/aromatic N) is 5. The molecule has 0 bridgehead atoms. The van der Waals surface area contributed by atoms with Crippen LogP contribution in [0.2, 0.25) is 5.02 Å². The van der Waals surface area contributed by atoms with Crippen molar-refractivity contribution in [3.63, 3.8) is 0 Å². The quantitative estimate of drug-likeness (QED) is 0.373. The van der Waals surface area contributed by atoms with Crippen molar-refractivity contribution in [2.45, 2.75) is 87.7 Å². The monoisotopic (exact) mass is 657 g/mol. The molecular weight excluding hydrogens is 624 g/mol. The maximum atomic E-state index is 14.6. The predicted octanol–water partition coefficient (Wildman–Crippen LogP) is 2.55. The molecule has 1 aromatic heterocycles. The normalized spacial score (nSPS) is 30.0. The van der Waals surface area contributed by atoms with E-state index in [9.17, 15) is 33.7 Å². The standard InChI is InChI=1S/C28H34ClF2N5O9/c1-27(2,3)44-26(41)35-12-28(9-17(35)25(39)40)8-13(33-45-28)7-18-24(42-4)22(23(38)19(11-37)43-18)36-10-16(32-34-36)14-5-6-15(29)21(31)20(14)30/h5-6,10,17-19,22-24,37-38H,7-9,11-12H2,1-4H3,(H,39,40)/t17?,18-,19-,22+,23+,24+,28?/m1/s1. The third-order valence-electron chi connectivity index (χ3n) is 8.01. The van der Waals surface area contributed by atoms with Crippen LogP contribution >= 0.6 is 11.6 Å². The lowest BCUT2D eigenvalue weighted by Gasteiger charge is -2.43. The number of oxime groups is 1. The van der Waals surface area contributed by atoms with E-state index in [-0.39, 0.29) is 37.1 Å². The third kappa shape index (κ3) is 6.47. The van der Waals surface area contributed by atoms with Crippen LogP contribution in [0.5, 0.6) is 0 Å². The second kappa shape index (κ2) is 12.4. The number of carbonyl (C=O) groups is 2. The maximum absolute atomic E-state index is 14.6. The number of aliphatic carboxylic acids is 1. The first kappa shape index (κ1) is 32.9. The second-order valence-corrected chi connectivity index (χ2v) is 12.8. The highest BCUT2D eigenvalue weighted by molar-refractivity contribution is 6.30. The Morgan fingerprint density at radius 3 is 2.60 bits per heavy atom. The van der Waals surface area contributed by atoms with E-state index in [0.29, 0.717) is 5.71 Å². The Balaban J connectivity index is 1.35. The lowest BCUT2D eigenvalue weighted by molar-refractivity contribution is -0.210. The topological polar surface area (TPSA) is 178 Å². The van der Waals surface area contributed by atoms with Crippen molar-refractivity contribution in [3.8, 4) is 11.3 Å².